The Hall–Kier alpha value is -2.88. The van der Waals surface area contributed by atoms with Crippen LogP contribution in [0.2, 0.25) is 0 Å². The van der Waals surface area contributed by atoms with Gasteiger partial charge >= 0.3 is 0 Å². The Morgan fingerprint density at radius 1 is 1.06 bits per heavy atom. The van der Waals surface area contributed by atoms with Crippen LogP contribution in [0.25, 0.3) is 11.0 Å². The van der Waals surface area contributed by atoms with Crippen LogP contribution in [0.15, 0.2) is 12.1 Å². The summed E-state index contributed by atoms with van der Waals surface area (Å²) in [6, 6.07) is 2.54. The topological polar surface area (TPSA) is 105 Å². The van der Waals surface area contributed by atoms with Crippen LogP contribution < -0.4 is 16.4 Å². The van der Waals surface area contributed by atoms with Gasteiger partial charge in [-0.2, -0.15) is 10.1 Å². The van der Waals surface area contributed by atoms with Gasteiger partial charge in [-0.1, -0.05) is 19.9 Å². The number of rotatable bonds is 6. The number of aromatic amines is 1. The molecule has 0 radical (unpaired) electrons. The molecule has 1 saturated carbocycles. The summed E-state index contributed by atoms with van der Waals surface area (Å²) in [6.07, 6.45) is 3.72. The normalized spacial score (nSPS) is 19.2. The second kappa shape index (κ2) is 8.70. The number of hydrogen-bond donors (Lipinski definition) is 4. The van der Waals surface area contributed by atoms with Crippen molar-refractivity contribution < 1.29 is 13.2 Å². The van der Waals surface area contributed by atoms with Crippen LogP contribution in [-0.2, 0) is 6.54 Å². The molecule has 166 valence electrons. The van der Waals surface area contributed by atoms with E-state index in [1.807, 2.05) is 13.8 Å². The molecule has 1 aromatic carbocycles. The lowest BCUT2D eigenvalue weighted by Gasteiger charge is -2.26. The minimum absolute atomic E-state index is 0.0129. The number of aromatic nitrogens is 4. The van der Waals surface area contributed by atoms with Crippen LogP contribution in [0.5, 0.6) is 0 Å². The lowest BCUT2D eigenvalue weighted by atomic mass is 9.92. The first kappa shape index (κ1) is 21.4. The predicted octanol–water partition coefficient (Wildman–Crippen LogP) is 4.19. The Labute approximate surface area is 178 Å². The van der Waals surface area contributed by atoms with Gasteiger partial charge in [0.25, 0.3) is 0 Å². The van der Waals surface area contributed by atoms with Gasteiger partial charge in [-0.15, -0.1) is 0 Å². The standard InChI is InChI=1S/C21H26F3N7/c1-10(2)17-18-19(31-30-17)20(26-9-11-3-8-14(22)16(24)15(11)23)29-21(28-18)27-13-6-4-12(25)5-7-13/h3,8,10,12-13H,4-7,9,25H2,1-2H3,(H,30,31)(H2,26,27,28,29). The number of H-pyrrole nitrogens is 1. The van der Waals surface area contributed by atoms with E-state index < -0.39 is 17.5 Å². The van der Waals surface area contributed by atoms with Crippen molar-refractivity contribution in [2.45, 2.75) is 64.1 Å². The van der Waals surface area contributed by atoms with Crippen molar-refractivity contribution in [2.24, 2.45) is 5.73 Å². The molecular weight excluding hydrogens is 407 g/mol. The molecule has 3 aromatic rings. The minimum atomic E-state index is -1.49. The van der Waals surface area contributed by atoms with Gasteiger partial charge in [-0.3, -0.25) is 5.10 Å². The highest BCUT2D eigenvalue weighted by atomic mass is 19.2. The van der Waals surface area contributed by atoms with E-state index in [0.717, 1.165) is 37.4 Å². The first-order chi connectivity index (χ1) is 14.8. The van der Waals surface area contributed by atoms with Gasteiger partial charge in [0.1, 0.15) is 5.52 Å². The molecule has 10 heteroatoms. The highest BCUT2D eigenvalue weighted by molar-refractivity contribution is 5.88. The number of nitrogens with two attached hydrogens (primary N) is 1. The molecule has 7 nitrogen and oxygen atoms in total. The van der Waals surface area contributed by atoms with Crippen LogP contribution in [0.4, 0.5) is 24.9 Å². The van der Waals surface area contributed by atoms with Crippen molar-refractivity contribution in [3.8, 4) is 0 Å². The summed E-state index contributed by atoms with van der Waals surface area (Å²) >= 11 is 0. The molecule has 1 fully saturated rings. The highest BCUT2D eigenvalue weighted by Gasteiger charge is 2.22. The molecule has 0 amide bonds. The van der Waals surface area contributed by atoms with Gasteiger partial charge in [0.05, 0.1) is 5.69 Å². The highest BCUT2D eigenvalue weighted by Crippen LogP contribution is 2.28. The molecule has 0 spiro atoms. The second-order valence-electron chi connectivity index (χ2n) is 8.33. The van der Waals surface area contributed by atoms with E-state index in [2.05, 4.69) is 30.8 Å². The lowest BCUT2D eigenvalue weighted by Crippen LogP contribution is -2.33. The molecule has 2 aromatic heterocycles. The maximum atomic E-state index is 14.1. The molecule has 0 unspecified atom stereocenters. The average Bonchev–Trinajstić information content (AvgIpc) is 3.17. The fourth-order valence-electron chi connectivity index (χ4n) is 3.84. The third-order valence-corrected chi connectivity index (χ3v) is 5.67. The summed E-state index contributed by atoms with van der Waals surface area (Å²) in [5.41, 5.74) is 8.00. The third-order valence-electron chi connectivity index (χ3n) is 5.67. The zero-order valence-corrected chi connectivity index (χ0v) is 17.5. The Balaban J connectivity index is 1.64. The SMILES string of the molecule is CC(C)c1[nH]nc2c(NCc3ccc(F)c(F)c3F)nc(NC3CCC(N)CC3)nc12. The Bertz CT molecular complexity index is 1070. The number of anilines is 2. The molecule has 31 heavy (non-hydrogen) atoms. The van der Waals surface area contributed by atoms with E-state index in [-0.39, 0.29) is 30.1 Å². The van der Waals surface area contributed by atoms with Crippen molar-refractivity contribution in [1.82, 2.24) is 20.2 Å². The number of hydrogen-bond acceptors (Lipinski definition) is 6. The van der Waals surface area contributed by atoms with Gasteiger partial charge < -0.3 is 16.4 Å². The Morgan fingerprint density at radius 2 is 1.81 bits per heavy atom. The summed E-state index contributed by atoms with van der Waals surface area (Å²) in [5.74, 6) is -2.97. The minimum Gasteiger partial charge on any atom is -0.364 e. The van der Waals surface area contributed by atoms with Crippen molar-refractivity contribution in [2.75, 3.05) is 10.6 Å². The zero-order valence-electron chi connectivity index (χ0n) is 17.5. The quantitative estimate of drug-likeness (QED) is 0.435. The van der Waals surface area contributed by atoms with Crippen molar-refractivity contribution in [3.63, 3.8) is 0 Å². The first-order valence-corrected chi connectivity index (χ1v) is 10.5. The van der Waals surface area contributed by atoms with Crippen LogP contribution in [-0.4, -0.2) is 32.2 Å². The second-order valence-corrected chi connectivity index (χ2v) is 8.33. The summed E-state index contributed by atoms with van der Waals surface area (Å²) in [4.78, 5) is 9.19. The summed E-state index contributed by atoms with van der Waals surface area (Å²) in [5, 5.41) is 13.7. The van der Waals surface area contributed by atoms with Gasteiger partial charge in [0.2, 0.25) is 5.95 Å². The molecule has 0 bridgehead atoms. The molecule has 5 N–H and O–H groups in total. The van der Waals surface area contributed by atoms with E-state index in [1.54, 1.807) is 0 Å². The van der Waals surface area contributed by atoms with Crippen LogP contribution in [0, 0.1) is 17.5 Å². The monoisotopic (exact) mass is 433 g/mol. The van der Waals surface area contributed by atoms with E-state index in [9.17, 15) is 13.2 Å². The summed E-state index contributed by atoms with van der Waals surface area (Å²) in [6.45, 7) is 3.96. The number of halogens is 3. The van der Waals surface area contributed by atoms with Gasteiger partial charge in [0, 0.05) is 24.2 Å². The summed E-state index contributed by atoms with van der Waals surface area (Å²) in [7, 11) is 0. The van der Waals surface area contributed by atoms with E-state index in [0.29, 0.717) is 22.8 Å². The fraction of sp³-hybridized carbons (Fsp3) is 0.476. The molecule has 0 saturated heterocycles. The van der Waals surface area contributed by atoms with E-state index in [1.165, 1.54) is 6.07 Å². The van der Waals surface area contributed by atoms with Gasteiger partial charge in [-0.05, 0) is 37.7 Å². The average molecular weight is 433 g/mol. The largest absolute Gasteiger partial charge is 0.364 e. The number of fused-ring (bicyclic) bond motifs is 1. The molecule has 2 heterocycles. The molecule has 4 rings (SSSR count). The molecular formula is C21H26F3N7. The smallest absolute Gasteiger partial charge is 0.225 e. The first-order valence-electron chi connectivity index (χ1n) is 10.5. The van der Waals surface area contributed by atoms with Gasteiger partial charge in [-0.25, -0.2) is 18.2 Å². The Kier molecular flexibility index (Phi) is 5.99. The molecule has 0 aliphatic heterocycles. The fourth-order valence-corrected chi connectivity index (χ4v) is 3.84. The van der Waals surface area contributed by atoms with E-state index in [4.69, 9.17) is 5.73 Å². The maximum absolute atomic E-state index is 14.1. The number of nitrogens with zero attached hydrogens (tertiary/aromatic N) is 3. The van der Waals surface area contributed by atoms with Crippen LogP contribution in [0.1, 0.15) is 56.7 Å². The summed E-state index contributed by atoms with van der Waals surface area (Å²) < 4.78 is 40.9. The van der Waals surface area contributed by atoms with Crippen molar-refractivity contribution >= 4 is 22.8 Å². The maximum Gasteiger partial charge on any atom is 0.225 e. The number of benzene rings is 1. The molecule has 1 aliphatic carbocycles. The zero-order chi connectivity index (χ0) is 22.1. The molecule has 1 aliphatic rings. The van der Waals surface area contributed by atoms with Crippen LogP contribution in [0.3, 0.4) is 0 Å². The Morgan fingerprint density at radius 3 is 2.52 bits per heavy atom. The van der Waals surface area contributed by atoms with Crippen LogP contribution >= 0.6 is 0 Å². The predicted molar refractivity (Wildman–Crippen MR) is 113 cm³/mol. The lowest BCUT2D eigenvalue weighted by molar-refractivity contribution is 0.410. The van der Waals surface area contributed by atoms with E-state index >= 15 is 0 Å². The van der Waals surface area contributed by atoms with Crippen molar-refractivity contribution in [3.05, 3.63) is 40.8 Å². The van der Waals surface area contributed by atoms with Gasteiger partial charge in [0.15, 0.2) is 28.8 Å². The third kappa shape index (κ3) is 4.43. The number of nitrogens with one attached hydrogen (secondary N) is 3. The van der Waals surface area contributed by atoms with Crippen molar-refractivity contribution in [1.29, 1.82) is 0 Å². The molecule has 0 atom stereocenters.